The van der Waals surface area contributed by atoms with Gasteiger partial charge in [-0.15, -0.1) is 0 Å². The van der Waals surface area contributed by atoms with Crippen LogP contribution in [0.5, 0.6) is 0 Å². The van der Waals surface area contributed by atoms with Crippen molar-refractivity contribution in [3.05, 3.63) is 89.2 Å². The third kappa shape index (κ3) is 4.01. The van der Waals surface area contributed by atoms with Gasteiger partial charge in [-0.25, -0.2) is 15.8 Å². The van der Waals surface area contributed by atoms with Crippen LogP contribution in [0.1, 0.15) is 32.1 Å². The molecule has 8 heteroatoms. The Kier molecular flexibility index (Phi) is 5.19. The predicted octanol–water partition coefficient (Wildman–Crippen LogP) is 2.21. The summed E-state index contributed by atoms with van der Waals surface area (Å²) in [5.41, 5.74) is 4.87. The first kappa shape index (κ1) is 18.9. The number of fused-ring (bicyclic) bond motifs is 1. The molecule has 2 aromatic carbocycles. The Labute approximate surface area is 171 Å². The van der Waals surface area contributed by atoms with Gasteiger partial charge in [0.25, 0.3) is 11.8 Å². The normalized spacial score (nSPS) is 10.2. The Morgan fingerprint density at radius 3 is 2.47 bits per heavy atom. The van der Waals surface area contributed by atoms with Gasteiger partial charge in [0.05, 0.1) is 11.1 Å². The van der Waals surface area contributed by atoms with Gasteiger partial charge in [0.1, 0.15) is 16.9 Å². The number of pyridine rings is 1. The maximum Gasteiger partial charge on any atom is 0.276 e. The summed E-state index contributed by atoms with van der Waals surface area (Å²) in [7, 11) is 0. The highest BCUT2D eigenvalue weighted by molar-refractivity contribution is 6.06. The number of nitrogen functional groups attached to an aromatic ring is 1. The molecule has 0 spiro atoms. The van der Waals surface area contributed by atoms with Crippen LogP contribution >= 0.6 is 0 Å². The van der Waals surface area contributed by atoms with E-state index in [4.69, 9.17) is 5.84 Å². The van der Waals surface area contributed by atoms with E-state index in [1.807, 2.05) is 30.3 Å². The van der Waals surface area contributed by atoms with Crippen LogP contribution in [0.15, 0.2) is 66.7 Å². The third-order valence-electron chi connectivity index (χ3n) is 4.21. The molecule has 8 nitrogen and oxygen atoms in total. The van der Waals surface area contributed by atoms with Crippen molar-refractivity contribution in [1.29, 1.82) is 0 Å². The van der Waals surface area contributed by atoms with Crippen LogP contribution in [0, 0.1) is 11.8 Å². The molecular weight excluding hydrogens is 380 g/mol. The molecule has 2 heterocycles. The van der Waals surface area contributed by atoms with Gasteiger partial charge in [0, 0.05) is 5.56 Å². The molecule has 30 heavy (non-hydrogen) atoms. The maximum atomic E-state index is 12.6. The number of anilines is 1. The molecule has 0 atom stereocenters. The van der Waals surface area contributed by atoms with E-state index in [1.54, 1.807) is 36.4 Å². The van der Waals surface area contributed by atoms with E-state index in [2.05, 4.69) is 37.5 Å². The number of hydrogen-bond acceptors (Lipinski definition) is 5. The first-order valence-corrected chi connectivity index (χ1v) is 8.99. The Morgan fingerprint density at radius 1 is 0.867 bits per heavy atom. The zero-order valence-electron chi connectivity index (χ0n) is 15.6. The zero-order valence-corrected chi connectivity index (χ0v) is 15.6. The second kappa shape index (κ2) is 8.26. The summed E-state index contributed by atoms with van der Waals surface area (Å²) in [4.78, 5) is 36.0. The Hall–Kier alpha value is -4.48. The molecule has 0 bridgehead atoms. The maximum absolute atomic E-state index is 12.6. The SMILES string of the molecule is NNC(=O)c1cccc2[nH]c(NC(=O)c3cccc(C#Cc4ccccc4)n3)nc12. The fourth-order valence-electron chi connectivity index (χ4n) is 2.81. The van der Waals surface area contributed by atoms with Gasteiger partial charge in [0.15, 0.2) is 0 Å². The number of rotatable bonds is 3. The molecule has 0 aliphatic rings. The number of carbonyl (C=O) groups is 2. The highest BCUT2D eigenvalue weighted by Crippen LogP contribution is 2.19. The molecule has 5 N–H and O–H groups in total. The summed E-state index contributed by atoms with van der Waals surface area (Å²) in [6, 6.07) is 19.5. The van der Waals surface area contributed by atoms with Crippen molar-refractivity contribution in [3.63, 3.8) is 0 Å². The molecular formula is C22H16N6O2. The lowest BCUT2D eigenvalue weighted by Crippen LogP contribution is -2.30. The molecule has 0 radical (unpaired) electrons. The molecule has 0 unspecified atom stereocenters. The highest BCUT2D eigenvalue weighted by Gasteiger charge is 2.15. The number of carbonyl (C=O) groups excluding carboxylic acids is 2. The van der Waals surface area contributed by atoms with Gasteiger partial charge >= 0.3 is 0 Å². The van der Waals surface area contributed by atoms with E-state index in [-0.39, 0.29) is 11.6 Å². The molecule has 2 amide bonds. The minimum atomic E-state index is -0.476. The van der Waals surface area contributed by atoms with Crippen LogP contribution in [0.25, 0.3) is 11.0 Å². The third-order valence-corrected chi connectivity index (χ3v) is 4.21. The van der Waals surface area contributed by atoms with Crippen molar-refractivity contribution < 1.29 is 9.59 Å². The summed E-state index contributed by atoms with van der Waals surface area (Å²) < 4.78 is 0. The van der Waals surface area contributed by atoms with Gasteiger partial charge < -0.3 is 4.98 Å². The summed E-state index contributed by atoms with van der Waals surface area (Å²) in [5, 5.41) is 2.65. The zero-order chi connectivity index (χ0) is 20.9. The van der Waals surface area contributed by atoms with E-state index in [1.165, 1.54) is 0 Å². The standard InChI is InChI=1S/C22H16N6O2/c23-28-20(29)16-9-5-10-17-19(16)26-22(25-17)27-21(30)18-11-4-8-15(24-18)13-12-14-6-2-1-3-7-14/h1-11H,23H2,(H,28,29)(H2,25,26,27,30). The topological polar surface area (TPSA) is 126 Å². The average Bonchev–Trinajstić information content (AvgIpc) is 3.20. The number of aromatic amines is 1. The van der Waals surface area contributed by atoms with E-state index in [0.717, 1.165) is 5.56 Å². The number of benzene rings is 2. The van der Waals surface area contributed by atoms with Crippen LogP contribution in [-0.2, 0) is 0 Å². The molecule has 0 aliphatic heterocycles. The number of aromatic nitrogens is 3. The Balaban J connectivity index is 1.56. The van der Waals surface area contributed by atoms with Gasteiger partial charge in [-0.3, -0.25) is 20.3 Å². The van der Waals surface area contributed by atoms with Crippen molar-refractivity contribution in [2.45, 2.75) is 0 Å². The second-order valence-corrected chi connectivity index (χ2v) is 6.24. The van der Waals surface area contributed by atoms with E-state index in [0.29, 0.717) is 22.3 Å². The molecule has 0 saturated heterocycles. The van der Waals surface area contributed by atoms with Gasteiger partial charge in [-0.1, -0.05) is 36.3 Å². The molecule has 4 rings (SSSR count). The van der Waals surface area contributed by atoms with Gasteiger partial charge in [0.2, 0.25) is 5.95 Å². The Bertz CT molecular complexity index is 1300. The predicted molar refractivity (Wildman–Crippen MR) is 112 cm³/mol. The lowest BCUT2D eigenvalue weighted by atomic mass is 10.2. The van der Waals surface area contributed by atoms with Crippen LogP contribution in [0.3, 0.4) is 0 Å². The number of H-pyrrole nitrogens is 1. The van der Waals surface area contributed by atoms with Crippen LogP contribution in [-0.4, -0.2) is 26.8 Å². The summed E-state index contributed by atoms with van der Waals surface area (Å²) in [5.74, 6) is 10.4. The summed E-state index contributed by atoms with van der Waals surface area (Å²) >= 11 is 0. The Morgan fingerprint density at radius 2 is 1.67 bits per heavy atom. The number of para-hydroxylation sites is 1. The van der Waals surface area contributed by atoms with Crippen molar-refractivity contribution in [2.75, 3.05) is 5.32 Å². The average molecular weight is 396 g/mol. The van der Waals surface area contributed by atoms with Crippen LogP contribution in [0.4, 0.5) is 5.95 Å². The number of nitrogens with zero attached hydrogens (tertiary/aromatic N) is 2. The molecule has 0 aliphatic carbocycles. The quantitative estimate of drug-likeness (QED) is 0.183. The number of nitrogens with two attached hydrogens (primary N) is 1. The lowest BCUT2D eigenvalue weighted by Gasteiger charge is -2.01. The van der Waals surface area contributed by atoms with Crippen molar-refractivity contribution in [3.8, 4) is 11.8 Å². The smallest absolute Gasteiger partial charge is 0.276 e. The monoisotopic (exact) mass is 396 g/mol. The van der Waals surface area contributed by atoms with Gasteiger partial charge in [-0.05, 0) is 42.3 Å². The van der Waals surface area contributed by atoms with E-state index >= 15 is 0 Å². The van der Waals surface area contributed by atoms with Crippen LogP contribution < -0.4 is 16.6 Å². The molecule has 4 aromatic rings. The second-order valence-electron chi connectivity index (χ2n) is 6.24. The number of hydrogen-bond donors (Lipinski definition) is 4. The fourth-order valence-corrected chi connectivity index (χ4v) is 2.81. The minimum Gasteiger partial charge on any atom is -0.324 e. The van der Waals surface area contributed by atoms with E-state index < -0.39 is 11.8 Å². The minimum absolute atomic E-state index is 0.190. The molecule has 2 aromatic heterocycles. The number of nitrogens with one attached hydrogen (secondary N) is 3. The first-order valence-electron chi connectivity index (χ1n) is 8.99. The number of imidazole rings is 1. The largest absolute Gasteiger partial charge is 0.324 e. The molecule has 0 fully saturated rings. The summed E-state index contributed by atoms with van der Waals surface area (Å²) in [6.45, 7) is 0. The van der Waals surface area contributed by atoms with Crippen molar-refractivity contribution in [1.82, 2.24) is 20.4 Å². The highest BCUT2D eigenvalue weighted by atomic mass is 16.2. The van der Waals surface area contributed by atoms with Gasteiger partial charge in [-0.2, -0.15) is 0 Å². The molecule has 146 valence electrons. The summed E-state index contributed by atoms with van der Waals surface area (Å²) in [6.07, 6.45) is 0. The fraction of sp³-hybridized carbons (Fsp3) is 0. The van der Waals surface area contributed by atoms with E-state index in [9.17, 15) is 9.59 Å². The van der Waals surface area contributed by atoms with Crippen LogP contribution in [0.2, 0.25) is 0 Å². The molecule has 0 saturated carbocycles. The van der Waals surface area contributed by atoms with Crippen molar-refractivity contribution >= 4 is 28.8 Å². The number of amides is 2. The lowest BCUT2D eigenvalue weighted by molar-refractivity contribution is 0.0954. The van der Waals surface area contributed by atoms with Crippen molar-refractivity contribution in [2.24, 2.45) is 5.84 Å². The number of hydrazine groups is 1. The first-order chi connectivity index (χ1) is 14.6.